The molecule has 212 valence electrons. The minimum atomic E-state index is -5.45. The van der Waals surface area contributed by atoms with Crippen molar-refractivity contribution in [1.29, 1.82) is 0 Å². The van der Waals surface area contributed by atoms with Gasteiger partial charge in [-0.25, -0.2) is 0 Å². The normalized spacial score (nSPS) is 18.0. The summed E-state index contributed by atoms with van der Waals surface area (Å²) < 4.78 is 13.1. The van der Waals surface area contributed by atoms with Crippen molar-refractivity contribution in [3.8, 4) is 0 Å². The molecule has 0 N–H and O–H groups in total. The Labute approximate surface area is 250 Å². The van der Waals surface area contributed by atoms with Crippen molar-refractivity contribution in [3.63, 3.8) is 0 Å². The summed E-state index contributed by atoms with van der Waals surface area (Å²) in [6.45, 7) is 7.25. The van der Waals surface area contributed by atoms with Crippen LogP contribution >= 0.6 is 0 Å². The number of hydrogen-bond donors (Lipinski definition) is 0. The summed E-state index contributed by atoms with van der Waals surface area (Å²) in [5.74, 6) is 0. The molecule has 9 rings (SSSR count). The van der Waals surface area contributed by atoms with Crippen molar-refractivity contribution in [2.45, 2.75) is 53.4 Å². The number of allylic oxidation sites excluding steroid dienone is 2. The first kappa shape index (κ1) is 26.4. The van der Waals surface area contributed by atoms with Crippen molar-refractivity contribution < 1.29 is 13.5 Å². The Hall–Kier alpha value is -3.06. The predicted octanol–water partition coefficient (Wildman–Crippen LogP) is 8.54. The van der Waals surface area contributed by atoms with Crippen LogP contribution in [0.15, 0.2) is 90.0 Å². The van der Waals surface area contributed by atoms with E-state index in [2.05, 4.69) is 126 Å². The zero-order chi connectivity index (χ0) is 29.6. The van der Waals surface area contributed by atoms with Crippen molar-refractivity contribution in [3.05, 3.63) is 135 Å². The van der Waals surface area contributed by atoms with Gasteiger partial charge in [0, 0.05) is 0 Å². The summed E-state index contributed by atoms with van der Waals surface area (Å²) in [5.41, 5.74) is 14.9. The molecular formula is C41H40SiZr. The van der Waals surface area contributed by atoms with E-state index in [1.807, 2.05) is 0 Å². The van der Waals surface area contributed by atoms with Crippen molar-refractivity contribution in [2.75, 3.05) is 0 Å². The molecule has 4 aliphatic carbocycles. The Morgan fingerprint density at radius 2 is 0.977 bits per heavy atom. The maximum atomic E-state index is 2.77. The van der Waals surface area contributed by atoms with Gasteiger partial charge in [0.2, 0.25) is 0 Å². The molecule has 5 aromatic carbocycles. The number of benzene rings is 5. The Morgan fingerprint density at radius 1 is 0.535 bits per heavy atom. The van der Waals surface area contributed by atoms with Crippen LogP contribution in [0.4, 0.5) is 0 Å². The molecule has 0 aromatic heterocycles. The van der Waals surface area contributed by atoms with Crippen LogP contribution in [0, 0.1) is 0 Å². The number of fused-ring (bicyclic) bond motifs is 4. The Kier molecular flexibility index (Phi) is 4.44. The van der Waals surface area contributed by atoms with Crippen LogP contribution in [-0.4, -0.2) is 13.3 Å². The molecule has 0 unspecified atom stereocenters. The van der Waals surface area contributed by atoms with E-state index in [0.717, 1.165) is 25.7 Å². The quantitative estimate of drug-likeness (QED) is 0.159. The molecule has 0 amide bonds. The summed E-state index contributed by atoms with van der Waals surface area (Å²) in [7, 11) is 0. The summed E-state index contributed by atoms with van der Waals surface area (Å²) in [6.07, 6.45) is 9.71. The second-order valence-corrected chi connectivity index (χ2v) is 68.0. The average Bonchev–Trinajstić information content (AvgIpc) is 3.74. The Balaban J connectivity index is 1.62. The van der Waals surface area contributed by atoms with Crippen LogP contribution in [0.25, 0.3) is 33.7 Å². The predicted molar refractivity (Wildman–Crippen MR) is 190 cm³/mol. The number of rotatable bonds is 1. The second-order valence-electron chi connectivity index (χ2n) is 17.2. The van der Waals surface area contributed by atoms with Gasteiger partial charge in [0.05, 0.1) is 0 Å². The molecule has 43 heavy (non-hydrogen) atoms. The van der Waals surface area contributed by atoms with E-state index in [-0.39, 0.29) is 0 Å². The molecule has 0 fully saturated rings. The van der Waals surface area contributed by atoms with Crippen LogP contribution in [0.1, 0.15) is 58.4 Å². The third kappa shape index (κ3) is 2.92. The maximum absolute atomic E-state index is 5.45. The number of aryl methyl sites for hydroxylation is 4. The van der Waals surface area contributed by atoms with Crippen LogP contribution < -0.4 is 3.27 Å². The van der Waals surface area contributed by atoms with Gasteiger partial charge in [0.1, 0.15) is 0 Å². The van der Waals surface area contributed by atoms with Gasteiger partial charge >= 0.3 is 252 Å². The molecule has 5 aromatic rings. The van der Waals surface area contributed by atoms with Gasteiger partial charge < -0.3 is 0 Å². The topological polar surface area (TPSA) is 0 Å². The molecule has 0 aliphatic heterocycles. The molecule has 0 bridgehead atoms. The summed E-state index contributed by atoms with van der Waals surface area (Å²) in [5, 5.41) is 5.93. The molecule has 0 saturated carbocycles. The molecule has 0 radical (unpaired) electrons. The number of hydrogen-bond acceptors (Lipinski definition) is 0. The molecule has 0 heterocycles. The fourth-order valence-corrected chi connectivity index (χ4v) is 41.2. The van der Waals surface area contributed by atoms with Crippen LogP contribution in [0.2, 0.25) is 13.9 Å². The Morgan fingerprint density at radius 3 is 1.44 bits per heavy atom. The zero-order valence-corrected chi connectivity index (χ0v) is 30.1. The van der Waals surface area contributed by atoms with Crippen molar-refractivity contribution in [2.24, 2.45) is 0 Å². The van der Waals surface area contributed by atoms with Crippen molar-refractivity contribution in [1.82, 2.24) is 0 Å². The first-order chi connectivity index (χ1) is 20.3. The fourth-order valence-electron chi connectivity index (χ4n) is 11.2. The molecule has 0 spiro atoms. The minimum absolute atomic E-state index is 1.15. The van der Waals surface area contributed by atoms with Gasteiger partial charge in [-0.1, -0.05) is 0 Å². The summed E-state index contributed by atoms with van der Waals surface area (Å²) in [6, 6.07) is 31.0. The molecular weight excluding hydrogens is 612 g/mol. The Bertz CT molecular complexity index is 2510. The van der Waals surface area contributed by atoms with Gasteiger partial charge in [-0.3, -0.25) is 0 Å². The SMILES string of the molecule is CC1=Cc2c(cc3c4c(cccc24)CC3)[C]1=[Zr]([CH3])([CH3])([CH3])(=[SiH2])(=[C]1C(C)=Cc2c1cc1c3c(cccc23)CC1)[c]1ccccc1. The first-order valence-electron chi connectivity index (χ1n) is 16.2. The fraction of sp³-hybridized carbons (Fsp3) is 0.220. The monoisotopic (exact) mass is 650 g/mol. The van der Waals surface area contributed by atoms with Crippen LogP contribution in [0.3, 0.4) is 0 Å². The van der Waals surface area contributed by atoms with E-state index in [1.165, 1.54) is 69.3 Å². The average molecular weight is 652 g/mol. The van der Waals surface area contributed by atoms with E-state index in [1.54, 1.807) is 17.5 Å². The van der Waals surface area contributed by atoms with E-state index in [4.69, 9.17) is 0 Å². The van der Waals surface area contributed by atoms with Crippen LogP contribution in [-0.2, 0) is 39.1 Å². The summed E-state index contributed by atoms with van der Waals surface area (Å²) in [4.78, 5) is 0. The van der Waals surface area contributed by atoms with E-state index < -0.39 is 13.5 Å². The van der Waals surface area contributed by atoms with Gasteiger partial charge in [0.15, 0.2) is 0 Å². The second kappa shape index (κ2) is 7.25. The molecule has 0 nitrogen and oxygen atoms in total. The van der Waals surface area contributed by atoms with Crippen molar-refractivity contribution >= 4 is 50.3 Å². The summed E-state index contributed by atoms with van der Waals surface area (Å²) >= 11 is -5.45. The zero-order valence-electron chi connectivity index (χ0n) is 26.2. The van der Waals surface area contributed by atoms with E-state index in [0.29, 0.717) is 0 Å². The third-order valence-corrected chi connectivity index (χ3v) is 41.5. The van der Waals surface area contributed by atoms with Gasteiger partial charge in [0.25, 0.3) is 0 Å². The van der Waals surface area contributed by atoms with Gasteiger partial charge in [-0.05, 0) is 0 Å². The first-order valence-corrected chi connectivity index (χ1v) is 33.2. The van der Waals surface area contributed by atoms with Gasteiger partial charge in [-0.2, -0.15) is 0 Å². The van der Waals surface area contributed by atoms with Gasteiger partial charge in [-0.15, -0.1) is 0 Å². The van der Waals surface area contributed by atoms with Crippen LogP contribution in [0.5, 0.6) is 0 Å². The molecule has 0 saturated heterocycles. The molecule has 2 heteroatoms. The molecule has 4 aliphatic rings. The van der Waals surface area contributed by atoms with E-state index in [9.17, 15) is 0 Å². The van der Waals surface area contributed by atoms with E-state index >= 15 is 0 Å². The third-order valence-electron chi connectivity index (χ3n) is 12.6. The molecule has 0 atom stereocenters. The standard InChI is InChI=1S/2C16H12.C6H5.3CH3.H2Si.Zr/c2*1-10-7-13-9-12-6-5-11-3-2-4-14(16(11)12)15(13)8-10;1-2-4-6-5-3-1;;;;;/h2*2-4,8-9H,5-6H2,1H3;1-5H;3*1H3;1H2;.